The Morgan fingerprint density at radius 2 is 2.03 bits per heavy atom. The zero-order chi connectivity index (χ0) is 23.3. The number of carbonyl (C=O) groups excluding carboxylic acids is 1. The van der Waals surface area contributed by atoms with Crippen molar-refractivity contribution in [1.29, 1.82) is 0 Å². The minimum atomic E-state index is -0.921. The Balaban J connectivity index is 0.00000176. The van der Waals surface area contributed by atoms with Gasteiger partial charge < -0.3 is 14.7 Å². The molecule has 4 nitrogen and oxygen atoms in total. The molecular formula is C25H32FNO3S2. The molecule has 0 aliphatic carbocycles. The first-order valence-corrected chi connectivity index (χ1v) is 12.8. The van der Waals surface area contributed by atoms with Crippen LogP contribution in [0.5, 0.6) is 5.75 Å². The van der Waals surface area contributed by atoms with Crippen LogP contribution in [-0.4, -0.2) is 36.6 Å². The number of benzene rings is 2. The number of hydrogen-bond donors (Lipinski definition) is 1. The molecule has 32 heavy (non-hydrogen) atoms. The smallest absolute Gasteiger partial charge is 0.197 e. The standard InChI is InChI=1S/C24H28FNO2S2.CH4O/c1-3-5-9-18-14-26(20-10-7-6-8-11-20)21-12-24(29-4-2)22(13-23(21)30-17-18)28-16-19(25)15-27;1-2/h6-8,10-13,15-16,18H,3-5,9,14,17H2,1-2H3;2H,1H3/b19-16-;. The average molecular weight is 478 g/mol. The van der Waals surface area contributed by atoms with Gasteiger partial charge in [0.1, 0.15) is 12.0 Å². The molecule has 0 aromatic heterocycles. The van der Waals surface area contributed by atoms with Crippen LogP contribution in [0.3, 0.4) is 0 Å². The molecule has 0 bridgehead atoms. The molecule has 3 rings (SSSR count). The molecule has 0 spiro atoms. The molecule has 0 saturated carbocycles. The van der Waals surface area contributed by atoms with Gasteiger partial charge in [0, 0.05) is 30.0 Å². The summed E-state index contributed by atoms with van der Waals surface area (Å²) in [6, 6.07) is 14.6. The summed E-state index contributed by atoms with van der Waals surface area (Å²) in [5.74, 6) is 2.16. The fourth-order valence-electron chi connectivity index (χ4n) is 3.50. The number of halogens is 1. The van der Waals surface area contributed by atoms with Gasteiger partial charge in [-0.2, -0.15) is 4.39 Å². The van der Waals surface area contributed by atoms with Crippen molar-refractivity contribution in [1.82, 2.24) is 0 Å². The summed E-state index contributed by atoms with van der Waals surface area (Å²) in [4.78, 5) is 15.1. The van der Waals surface area contributed by atoms with Crippen LogP contribution in [0.2, 0.25) is 0 Å². The second-order valence-corrected chi connectivity index (χ2v) is 9.57. The molecule has 0 saturated heterocycles. The minimum Gasteiger partial charge on any atom is -0.461 e. The zero-order valence-corrected chi connectivity index (χ0v) is 20.6. The van der Waals surface area contributed by atoms with E-state index < -0.39 is 5.83 Å². The number of allylic oxidation sites excluding steroid dienone is 1. The van der Waals surface area contributed by atoms with Crippen molar-refractivity contribution < 1.29 is 19.0 Å². The molecule has 1 N–H and O–H groups in total. The SMILES string of the molecule is CCCCC1CSc2cc(O/C=C(\F)C=O)c(SCC)cc2N(c2ccccc2)C1.CO. The summed E-state index contributed by atoms with van der Waals surface area (Å²) in [6.07, 6.45) is 4.66. The predicted octanol–water partition coefficient (Wildman–Crippen LogP) is 6.85. The van der Waals surface area contributed by atoms with Gasteiger partial charge in [0.05, 0.1) is 10.6 Å². The van der Waals surface area contributed by atoms with E-state index in [0.717, 1.165) is 46.9 Å². The normalized spacial score (nSPS) is 15.8. The van der Waals surface area contributed by atoms with Crippen LogP contribution in [0.15, 0.2) is 64.3 Å². The summed E-state index contributed by atoms with van der Waals surface area (Å²) in [7, 11) is 1.00. The molecule has 0 fully saturated rings. The number of ether oxygens (including phenoxy) is 1. The molecule has 2 aromatic carbocycles. The van der Waals surface area contributed by atoms with E-state index in [9.17, 15) is 9.18 Å². The lowest BCUT2D eigenvalue weighted by Crippen LogP contribution is -2.25. The lowest BCUT2D eigenvalue weighted by Gasteiger charge is -2.28. The number of nitrogens with zero attached hydrogens (tertiary/aromatic N) is 1. The number of aliphatic hydroxyl groups excluding tert-OH is 1. The highest BCUT2D eigenvalue weighted by Crippen LogP contribution is 2.45. The van der Waals surface area contributed by atoms with Crippen LogP contribution in [0.25, 0.3) is 0 Å². The average Bonchev–Trinajstić information content (AvgIpc) is 3.02. The van der Waals surface area contributed by atoms with Gasteiger partial charge in [0.25, 0.3) is 0 Å². The fourth-order valence-corrected chi connectivity index (χ4v) is 5.45. The highest BCUT2D eigenvalue weighted by Gasteiger charge is 2.25. The summed E-state index contributed by atoms with van der Waals surface area (Å²) in [5, 5.41) is 7.00. The molecular weight excluding hydrogens is 445 g/mol. The van der Waals surface area contributed by atoms with Crippen molar-refractivity contribution in [3.05, 3.63) is 54.6 Å². The van der Waals surface area contributed by atoms with Gasteiger partial charge in [-0.1, -0.05) is 44.9 Å². The Labute approximate surface area is 199 Å². The Morgan fingerprint density at radius 1 is 1.28 bits per heavy atom. The number of rotatable bonds is 9. The van der Waals surface area contributed by atoms with Crippen LogP contribution < -0.4 is 9.64 Å². The van der Waals surface area contributed by atoms with E-state index in [1.54, 1.807) is 11.8 Å². The van der Waals surface area contributed by atoms with Crippen LogP contribution in [-0.2, 0) is 4.79 Å². The number of hydrogen-bond acceptors (Lipinski definition) is 6. The first-order chi connectivity index (χ1) is 15.7. The summed E-state index contributed by atoms with van der Waals surface area (Å²) in [5.41, 5.74) is 2.34. The molecule has 1 atom stereocenters. The van der Waals surface area contributed by atoms with E-state index >= 15 is 0 Å². The Bertz CT molecular complexity index is 877. The van der Waals surface area contributed by atoms with Gasteiger partial charge in [0.15, 0.2) is 12.1 Å². The molecule has 1 unspecified atom stereocenters. The third-order valence-corrected chi connectivity index (χ3v) is 7.17. The minimum absolute atomic E-state index is 0.153. The van der Waals surface area contributed by atoms with E-state index in [1.165, 1.54) is 24.9 Å². The first kappa shape index (κ1) is 26.3. The third-order valence-electron chi connectivity index (χ3n) is 4.98. The number of aliphatic hydroxyl groups is 1. The van der Waals surface area contributed by atoms with Gasteiger partial charge >= 0.3 is 0 Å². The number of aldehydes is 1. The van der Waals surface area contributed by atoms with Crippen LogP contribution >= 0.6 is 23.5 Å². The van der Waals surface area contributed by atoms with E-state index in [1.807, 2.05) is 23.9 Å². The maximum atomic E-state index is 13.3. The van der Waals surface area contributed by atoms with Gasteiger partial charge in [-0.05, 0) is 42.4 Å². The largest absolute Gasteiger partial charge is 0.461 e. The number of fused-ring (bicyclic) bond motifs is 1. The number of para-hydroxylation sites is 1. The number of carbonyl (C=O) groups is 1. The van der Waals surface area contributed by atoms with Crippen LogP contribution in [0, 0.1) is 5.92 Å². The van der Waals surface area contributed by atoms with Gasteiger partial charge in [0.2, 0.25) is 0 Å². The molecule has 1 aliphatic heterocycles. The first-order valence-electron chi connectivity index (χ1n) is 10.8. The predicted molar refractivity (Wildman–Crippen MR) is 134 cm³/mol. The van der Waals surface area contributed by atoms with Crippen molar-refractivity contribution in [3.8, 4) is 5.75 Å². The van der Waals surface area contributed by atoms with E-state index in [4.69, 9.17) is 9.84 Å². The lowest BCUT2D eigenvalue weighted by molar-refractivity contribution is -0.106. The monoisotopic (exact) mass is 477 g/mol. The molecule has 7 heteroatoms. The fraction of sp³-hybridized carbons (Fsp3) is 0.400. The Morgan fingerprint density at radius 3 is 2.69 bits per heavy atom. The lowest BCUT2D eigenvalue weighted by atomic mass is 10.0. The second kappa shape index (κ2) is 14.2. The quantitative estimate of drug-likeness (QED) is 0.185. The van der Waals surface area contributed by atoms with Crippen molar-refractivity contribution >= 4 is 41.2 Å². The molecule has 0 amide bonds. The molecule has 1 aliphatic rings. The Kier molecular flexibility index (Phi) is 11.7. The highest BCUT2D eigenvalue weighted by molar-refractivity contribution is 7.99. The van der Waals surface area contributed by atoms with Gasteiger partial charge in [-0.25, -0.2) is 0 Å². The number of unbranched alkanes of at least 4 members (excludes halogenated alkanes) is 1. The topological polar surface area (TPSA) is 49.8 Å². The zero-order valence-electron chi connectivity index (χ0n) is 18.9. The molecule has 1 heterocycles. The van der Waals surface area contributed by atoms with E-state index in [-0.39, 0.29) is 6.29 Å². The van der Waals surface area contributed by atoms with Gasteiger partial charge in [-0.15, -0.1) is 23.5 Å². The van der Waals surface area contributed by atoms with E-state index in [2.05, 4.69) is 49.1 Å². The molecule has 2 aromatic rings. The van der Waals surface area contributed by atoms with Crippen LogP contribution in [0.4, 0.5) is 15.8 Å². The summed E-state index contributed by atoms with van der Waals surface area (Å²) >= 11 is 3.48. The van der Waals surface area contributed by atoms with Gasteiger partial charge in [-0.3, -0.25) is 4.79 Å². The van der Waals surface area contributed by atoms with Crippen molar-refractivity contribution in [3.63, 3.8) is 0 Å². The molecule has 174 valence electrons. The van der Waals surface area contributed by atoms with Crippen molar-refractivity contribution in [2.24, 2.45) is 5.92 Å². The summed E-state index contributed by atoms with van der Waals surface area (Å²) in [6.45, 7) is 5.28. The summed E-state index contributed by atoms with van der Waals surface area (Å²) < 4.78 is 18.9. The number of thioether (sulfide) groups is 2. The van der Waals surface area contributed by atoms with Crippen molar-refractivity contribution in [2.75, 3.05) is 30.1 Å². The van der Waals surface area contributed by atoms with Crippen LogP contribution in [0.1, 0.15) is 33.1 Å². The molecule has 0 radical (unpaired) electrons. The second-order valence-electron chi connectivity index (χ2n) is 7.20. The maximum Gasteiger partial charge on any atom is 0.197 e. The van der Waals surface area contributed by atoms with E-state index in [0.29, 0.717) is 11.7 Å². The highest BCUT2D eigenvalue weighted by atomic mass is 32.2. The Hall–Kier alpha value is -1.96. The third kappa shape index (κ3) is 7.29. The maximum absolute atomic E-state index is 13.3. The van der Waals surface area contributed by atoms with Crippen molar-refractivity contribution in [2.45, 2.75) is 42.9 Å². The number of anilines is 2.